The average Bonchev–Trinajstić information content (AvgIpc) is 2.85. The van der Waals surface area contributed by atoms with Gasteiger partial charge in [0.05, 0.1) is 12.9 Å². The molecular weight excluding hydrogens is 245 g/mol. The number of halogens is 1. The van der Waals surface area contributed by atoms with Crippen LogP contribution in [0.2, 0.25) is 0 Å². The lowest BCUT2D eigenvalue weighted by atomic mass is 10.2. The quantitative estimate of drug-likeness (QED) is 0.547. The molecule has 2 aromatic rings. The second kappa shape index (κ2) is 3.83. The van der Waals surface area contributed by atoms with Crippen LogP contribution < -0.4 is 5.73 Å². The van der Waals surface area contributed by atoms with Crippen molar-refractivity contribution in [1.29, 1.82) is 0 Å². The molecule has 0 bridgehead atoms. The lowest BCUT2D eigenvalue weighted by Gasteiger charge is -2.16. The lowest BCUT2D eigenvalue weighted by molar-refractivity contribution is -0.0163. The Balaban J connectivity index is 2.13. The van der Waals surface area contributed by atoms with Gasteiger partial charge in [-0.15, -0.1) is 0 Å². The maximum absolute atomic E-state index is 13.1. The van der Waals surface area contributed by atoms with E-state index >= 15 is 0 Å². The number of anilines is 1. The smallest absolute Gasteiger partial charge is 0.312 e. The van der Waals surface area contributed by atoms with Crippen molar-refractivity contribution >= 4 is 17.0 Å². The van der Waals surface area contributed by atoms with E-state index in [-0.39, 0.29) is 23.6 Å². The molecule has 96 valence electrons. The summed E-state index contributed by atoms with van der Waals surface area (Å²) in [6.45, 7) is -0.0193. The highest BCUT2D eigenvalue weighted by atomic mass is 19.1. The van der Waals surface area contributed by atoms with Crippen molar-refractivity contribution in [1.82, 2.24) is 19.5 Å². The molecule has 4 N–H and O–H groups in total. The van der Waals surface area contributed by atoms with Crippen LogP contribution in [0, 0.1) is 6.08 Å². The van der Waals surface area contributed by atoms with Gasteiger partial charge in [0.2, 0.25) is 0 Å². The predicted octanol–water partition coefficient (Wildman–Crippen LogP) is -1.20. The second-order valence-electron chi connectivity index (χ2n) is 3.98. The number of ether oxygens (including phenoxy) is 1. The van der Waals surface area contributed by atoms with Gasteiger partial charge in [-0.1, -0.05) is 0 Å². The van der Waals surface area contributed by atoms with Crippen molar-refractivity contribution in [3.05, 3.63) is 12.4 Å². The Morgan fingerprint density at radius 1 is 1.44 bits per heavy atom. The van der Waals surface area contributed by atoms with Crippen molar-refractivity contribution in [3.63, 3.8) is 0 Å². The summed E-state index contributed by atoms with van der Waals surface area (Å²) in [5.41, 5.74) is 5.84. The van der Waals surface area contributed by atoms with Gasteiger partial charge in [-0.3, -0.25) is 4.57 Å². The fourth-order valence-corrected chi connectivity index (χ4v) is 1.93. The number of fused-ring (bicyclic) bond motifs is 1. The van der Waals surface area contributed by atoms with Crippen molar-refractivity contribution in [3.8, 4) is 0 Å². The third-order valence-corrected chi connectivity index (χ3v) is 2.82. The van der Waals surface area contributed by atoms with Crippen molar-refractivity contribution < 1.29 is 19.3 Å². The Bertz CT molecular complexity index is 603. The van der Waals surface area contributed by atoms with Crippen molar-refractivity contribution in [2.75, 3.05) is 12.3 Å². The van der Waals surface area contributed by atoms with Crippen LogP contribution in [0.25, 0.3) is 11.2 Å². The first-order valence-corrected chi connectivity index (χ1v) is 5.21. The van der Waals surface area contributed by atoms with Crippen LogP contribution in [0.3, 0.4) is 0 Å². The summed E-state index contributed by atoms with van der Waals surface area (Å²) in [7, 11) is 0. The molecule has 3 atom stereocenters. The number of rotatable bonds is 1. The minimum Gasteiger partial charge on any atom is -0.388 e. The van der Waals surface area contributed by atoms with Crippen LogP contribution in [0.15, 0.2) is 6.33 Å². The van der Waals surface area contributed by atoms with Crippen LogP contribution in [-0.2, 0) is 4.74 Å². The van der Waals surface area contributed by atoms with Gasteiger partial charge in [0.1, 0.15) is 12.2 Å². The fraction of sp³-hybridized carbons (Fsp3) is 0.444. The standard InChI is InChI=1S/C9H10FN5O3/c10-9-13-6(11)4-7(14-9)15(2-12-4)8-5(17)3(16)1-18-8/h2-3,5,8,16-17H,1H2,(H2,11,13,14)/t3-,5+,8?/m1/s1. The molecule has 1 aliphatic heterocycles. The fourth-order valence-electron chi connectivity index (χ4n) is 1.93. The lowest BCUT2D eigenvalue weighted by Crippen LogP contribution is -2.28. The van der Waals surface area contributed by atoms with Crippen molar-refractivity contribution in [2.45, 2.75) is 18.4 Å². The molecule has 0 saturated carbocycles. The molecule has 0 radical (unpaired) electrons. The molecule has 8 nitrogen and oxygen atoms in total. The molecule has 1 unspecified atom stereocenters. The first-order chi connectivity index (χ1) is 8.58. The largest absolute Gasteiger partial charge is 0.388 e. The van der Waals surface area contributed by atoms with Crippen LogP contribution >= 0.6 is 0 Å². The van der Waals surface area contributed by atoms with E-state index in [0.717, 1.165) is 0 Å². The number of nitrogen functional groups attached to an aromatic ring is 1. The first kappa shape index (κ1) is 11.3. The number of nitrogens with zero attached hydrogens (tertiary/aromatic N) is 4. The Hall–Kier alpha value is -1.84. The Morgan fingerprint density at radius 3 is 2.89 bits per heavy atom. The number of hydrogen-bond acceptors (Lipinski definition) is 7. The molecule has 1 saturated heterocycles. The zero-order chi connectivity index (χ0) is 12.9. The molecule has 9 heteroatoms. The van der Waals surface area contributed by atoms with E-state index in [0.29, 0.717) is 0 Å². The van der Waals surface area contributed by atoms with Crippen LogP contribution in [0.5, 0.6) is 0 Å². The van der Waals surface area contributed by atoms with Crippen molar-refractivity contribution in [2.24, 2.45) is 0 Å². The number of nitrogens with two attached hydrogens (primary N) is 1. The Labute approximate surface area is 99.9 Å². The predicted molar refractivity (Wildman–Crippen MR) is 56.7 cm³/mol. The summed E-state index contributed by atoms with van der Waals surface area (Å²) in [6, 6.07) is 0. The maximum atomic E-state index is 13.1. The van der Waals surface area contributed by atoms with Crippen LogP contribution in [0.4, 0.5) is 10.2 Å². The number of aliphatic hydroxyl groups is 2. The molecule has 3 heterocycles. The first-order valence-electron chi connectivity index (χ1n) is 5.21. The van der Waals surface area contributed by atoms with E-state index < -0.39 is 24.5 Å². The van der Waals surface area contributed by atoms with Gasteiger partial charge in [0.15, 0.2) is 23.2 Å². The van der Waals surface area contributed by atoms with Gasteiger partial charge in [0, 0.05) is 0 Å². The molecule has 18 heavy (non-hydrogen) atoms. The molecule has 2 aromatic heterocycles. The SMILES string of the molecule is Nc1nc(F)nc2c1ncn2C1OC[C@@H](O)[C@@H]1O. The monoisotopic (exact) mass is 255 g/mol. The van der Waals surface area contributed by atoms with E-state index in [1.807, 2.05) is 0 Å². The van der Waals surface area contributed by atoms with Crippen LogP contribution in [-0.4, -0.2) is 48.5 Å². The summed E-state index contributed by atoms with van der Waals surface area (Å²) in [6.07, 6.45) is -2.70. The van der Waals surface area contributed by atoms with E-state index in [1.165, 1.54) is 10.9 Å². The highest BCUT2D eigenvalue weighted by Gasteiger charge is 2.37. The van der Waals surface area contributed by atoms with E-state index in [4.69, 9.17) is 10.5 Å². The third kappa shape index (κ3) is 1.52. The van der Waals surface area contributed by atoms with Gasteiger partial charge in [-0.2, -0.15) is 14.4 Å². The number of aliphatic hydroxyl groups excluding tert-OH is 2. The molecule has 0 amide bonds. The summed E-state index contributed by atoms with van der Waals surface area (Å²) in [4.78, 5) is 10.9. The number of imidazole rings is 1. The molecular formula is C9H10FN5O3. The maximum Gasteiger partial charge on any atom is 0.312 e. The van der Waals surface area contributed by atoms with Gasteiger partial charge in [-0.05, 0) is 0 Å². The Kier molecular flexibility index (Phi) is 2.40. The van der Waals surface area contributed by atoms with E-state index in [9.17, 15) is 14.6 Å². The van der Waals surface area contributed by atoms with Gasteiger partial charge in [-0.25, -0.2) is 4.98 Å². The summed E-state index contributed by atoms with van der Waals surface area (Å²) < 4.78 is 19.6. The molecule has 1 fully saturated rings. The highest BCUT2D eigenvalue weighted by Crippen LogP contribution is 2.28. The highest BCUT2D eigenvalue weighted by molar-refractivity contribution is 5.81. The molecule has 3 rings (SSSR count). The number of hydrogen-bond donors (Lipinski definition) is 3. The van der Waals surface area contributed by atoms with Gasteiger partial charge >= 0.3 is 6.08 Å². The van der Waals surface area contributed by atoms with Gasteiger partial charge < -0.3 is 20.7 Å². The minimum absolute atomic E-state index is 0.0193. The zero-order valence-electron chi connectivity index (χ0n) is 9.06. The molecule has 1 aliphatic rings. The topological polar surface area (TPSA) is 119 Å². The van der Waals surface area contributed by atoms with E-state index in [2.05, 4.69) is 15.0 Å². The summed E-state index contributed by atoms with van der Waals surface area (Å²) >= 11 is 0. The van der Waals surface area contributed by atoms with Crippen LogP contribution in [0.1, 0.15) is 6.23 Å². The third-order valence-electron chi connectivity index (χ3n) is 2.82. The zero-order valence-corrected chi connectivity index (χ0v) is 9.06. The summed E-state index contributed by atoms with van der Waals surface area (Å²) in [5, 5.41) is 19.1. The molecule has 0 aliphatic carbocycles. The summed E-state index contributed by atoms with van der Waals surface area (Å²) in [5.74, 6) is -0.0933. The second-order valence-corrected chi connectivity index (χ2v) is 3.98. The Morgan fingerprint density at radius 2 is 2.22 bits per heavy atom. The van der Waals surface area contributed by atoms with E-state index in [1.54, 1.807) is 0 Å². The molecule has 0 spiro atoms. The molecule has 0 aromatic carbocycles. The van der Waals surface area contributed by atoms with Gasteiger partial charge in [0.25, 0.3) is 0 Å². The normalized spacial score (nSPS) is 28.1. The average molecular weight is 255 g/mol. The number of aromatic nitrogens is 4. The minimum atomic E-state index is -1.14.